The van der Waals surface area contributed by atoms with E-state index < -0.39 is 17.8 Å². The Kier molecular flexibility index (Phi) is 1.46. The number of hydrogen-bond donors (Lipinski definition) is 1. The van der Waals surface area contributed by atoms with Crippen molar-refractivity contribution in [1.82, 2.24) is 0 Å². The molecule has 2 aliphatic rings. The Hall–Kier alpha value is -0.180. The topological polar surface area (TPSA) is 26.0 Å². The van der Waals surface area contributed by atoms with Crippen LogP contribution in [0.3, 0.4) is 0 Å². The summed E-state index contributed by atoms with van der Waals surface area (Å²) < 4.78 is 26.3. The molecule has 2 rings (SSSR count). The van der Waals surface area contributed by atoms with Crippen LogP contribution in [-0.4, -0.2) is 12.0 Å². The van der Waals surface area contributed by atoms with Gasteiger partial charge in [0.2, 0.25) is 0 Å². The first-order valence-electron chi connectivity index (χ1n) is 4.24. The van der Waals surface area contributed by atoms with Crippen molar-refractivity contribution in [2.75, 3.05) is 0 Å². The van der Waals surface area contributed by atoms with Crippen LogP contribution in [0.1, 0.15) is 25.7 Å². The highest BCUT2D eigenvalue weighted by molar-refractivity contribution is 4.98. The van der Waals surface area contributed by atoms with E-state index in [1.165, 1.54) is 0 Å². The molecule has 0 aromatic carbocycles. The fraction of sp³-hybridized carbons (Fsp3) is 1.00. The van der Waals surface area contributed by atoms with Crippen LogP contribution in [-0.2, 0) is 0 Å². The molecule has 0 aliphatic heterocycles. The zero-order valence-corrected chi connectivity index (χ0v) is 6.39. The fourth-order valence-corrected chi connectivity index (χ4v) is 2.50. The molecule has 0 aromatic rings. The number of fused-ring (bicyclic) bond motifs is 2. The summed E-state index contributed by atoms with van der Waals surface area (Å²) in [4.78, 5) is 0. The minimum atomic E-state index is -2.39. The molecule has 1 nitrogen and oxygen atoms in total. The Morgan fingerprint density at radius 3 is 2.00 bits per heavy atom. The van der Waals surface area contributed by atoms with Crippen LogP contribution < -0.4 is 5.73 Å². The van der Waals surface area contributed by atoms with Crippen LogP contribution in [0, 0.1) is 11.8 Å². The Bertz CT molecular complexity index is 153. The highest BCUT2D eigenvalue weighted by Crippen LogP contribution is 2.52. The Labute approximate surface area is 65.0 Å². The van der Waals surface area contributed by atoms with Gasteiger partial charge in [0.25, 0.3) is 5.92 Å². The van der Waals surface area contributed by atoms with Crippen molar-refractivity contribution in [2.24, 2.45) is 17.6 Å². The first kappa shape index (κ1) is 7.47. The minimum Gasteiger partial charge on any atom is -0.328 e. The maximum absolute atomic E-state index is 13.2. The second-order valence-electron chi connectivity index (χ2n) is 3.88. The predicted octanol–water partition coefficient (Wildman–Crippen LogP) is 1.77. The quantitative estimate of drug-likeness (QED) is 0.575. The van der Waals surface area contributed by atoms with E-state index in [1.807, 2.05) is 0 Å². The fourth-order valence-electron chi connectivity index (χ4n) is 2.50. The number of alkyl halides is 2. The third-order valence-electron chi connectivity index (χ3n) is 3.13. The van der Waals surface area contributed by atoms with Crippen molar-refractivity contribution in [3.63, 3.8) is 0 Å². The maximum atomic E-state index is 13.2. The average molecular weight is 161 g/mol. The van der Waals surface area contributed by atoms with E-state index >= 15 is 0 Å². The molecule has 2 bridgehead atoms. The zero-order chi connectivity index (χ0) is 8.06. The Morgan fingerprint density at radius 2 is 1.55 bits per heavy atom. The molecule has 2 unspecified atom stereocenters. The van der Waals surface area contributed by atoms with Gasteiger partial charge in [0, 0.05) is 17.9 Å². The lowest BCUT2D eigenvalue weighted by molar-refractivity contribution is -0.101. The molecule has 0 aromatic heterocycles. The summed E-state index contributed by atoms with van der Waals surface area (Å²) in [5, 5.41) is 0. The summed E-state index contributed by atoms with van der Waals surface area (Å²) in [6.45, 7) is 0. The first-order valence-corrected chi connectivity index (χ1v) is 4.24. The largest absolute Gasteiger partial charge is 0.328 e. The van der Waals surface area contributed by atoms with E-state index in [-0.39, 0.29) is 6.04 Å². The second kappa shape index (κ2) is 2.16. The summed E-state index contributed by atoms with van der Waals surface area (Å²) in [5.74, 6) is -3.21. The number of hydrogen-bond acceptors (Lipinski definition) is 1. The normalized spacial score (nSPS) is 47.7. The smallest absolute Gasteiger partial charge is 0.253 e. The molecule has 0 radical (unpaired) electrons. The van der Waals surface area contributed by atoms with Crippen LogP contribution in [0.2, 0.25) is 0 Å². The number of rotatable bonds is 0. The van der Waals surface area contributed by atoms with E-state index in [9.17, 15) is 8.78 Å². The molecular formula is C8H13F2N. The first-order chi connectivity index (χ1) is 5.10. The second-order valence-corrected chi connectivity index (χ2v) is 3.88. The van der Waals surface area contributed by atoms with Crippen molar-refractivity contribution >= 4 is 0 Å². The van der Waals surface area contributed by atoms with E-state index in [0.717, 1.165) is 0 Å². The van der Waals surface area contributed by atoms with Crippen molar-refractivity contribution in [2.45, 2.75) is 37.6 Å². The van der Waals surface area contributed by atoms with Gasteiger partial charge in [-0.15, -0.1) is 0 Å². The minimum absolute atomic E-state index is 0.0344. The van der Waals surface area contributed by atoms with Crippen molar-refractivity contribution < 1.29 is 8.78 Å². The summed E-state index contributed by atoms with van der Waals surface area (Å²) in [6.07, 6.45) is 2.43. The van der Waals surface area contributed by atoms with Gasteiger partial charge in [-0.05, 0) is 25.7 Å². The highest BCUT2D eigenvalue weighted by atomic mass is 19.3. The SMILES string of the molecule is NC1CC2CCC(C1)C2(F)F. The van der Waals surface area contributed by atoms with Gasteiger partial charge in [-0.2, -0.15) is 0 Å². The lowest BCUT2D eigenvalue weighted by Gasteiger charge is -2.33. The lowest BCUT2D eigenvalue weighted by Crippen LogP contribution is -2.42. The molecule has 2 aliphatic carbocycles. The van der Waals surface area contributed by atoms with Crippen LogP contribution in [0.15, 0.2) is 0 Å². The molecule has 64 valence electrons. The third-order valence-corrected chi connectivity index (χ3v) is 3.13. The third kappa shape index (κ3) is 0.975. The van der Waals surface area contributed by atoms with Crippen LogP contribution in [0.25, 0.3) is 0 Å². The molecule has 0 heterocycles. The van der Waals surface area contributed by atoms with Crippen molar-refractivity contribution in [1.29, 1.82) is 0 Å². The standard InChI is InChI=1S/C8H13F2N/c9-8(10)5-1-2-6(8)4-7(11)3-5/h5-7H,1-4,11H2. The van der Waals surface area contributed by atoms with Crippen molar-refractivity contribution in [3.05, 3.63) is 0 Å². The number of nitrogens with two attached hydrogens (primary N) is 1. The van der Waals surface area contributed by atoms with Gasteiger partial charge in [0.15, 0.2) is 0 Å². The molecule has 2 atom stereocenters. The van der Waals surface area contributed by atoms with Gasteiger partial charge in [0.05, 0.1) is 0 Å². The summed E-state index contributed by atoms with van der Waals surface area (Å²) >= 11 is 0. The van der Waals surface area contributed by atoms with Gasteiger partial charge in [-0.25, -0.2) is 8.78 Å². The van der Waals surface area contributed by atoms with E-state index in [4.69, 9.17) is 5.73 Å². The molecular weight excluding hydrogens is 148 g/mol. The van der Waals surface area contributed by atoms with Gasteiger partial charge in [-0.3, -0.25) is 0 Å². The van der Waals surface area contributed by atoms with Crippen LogP contribution >= 0.6 is 0 Å². The van der Waals surface area contributed by atoms with Crippen LogP contribution in [0.5, 0.6) is 0 Å². The molecule has 0 saturated heterocycles. The van der Waals surface area contributed by atoms with Gasteiger partial charge in [0.1, 0.15) is 0 Å². The lowest BCUT2D eigenvalue weighted by atomic mass is 9.82. The van der Waals surface area contributed by atoms with E-state index in [1.54, 1.807) is 0 Å². The Morgan fingerprint density at radius 1 is 1.09 bits per heavy atom. The molecule has 2 N–H and O–H groups in total. The molecule has 11 heavy (non-hydrogen) atoms. The van der Waals surface area contributed by atoms with Crippen LogP contribution in [0.4, 0.5) is 8.78 Å². The van der Waals surface area contributed by atoms with Gasteiger partial charge in [-0.1, -0.05) is 0 Å². The van der Waals surface area contributed by atoms with E-state index in [0.29, 0.717) is 25.7 Å². The summed E-state index contributed by atoms with van der Waals surface area (Å²) in [6, 6.07) is 0.0344. The van der Waals surface area contributed by atoms with Crippen molar-refractivity contribution in [3.8, 4) is 0 Å². The summed E-state index contributed by atoms with van der Waals surface area (Å²) in [7, 11) is 0. The molecule has 2 fully saturated rings. The van der Waals surface area contributed by atoms with Gasteiger partial charge < -0.3 is 5.73 Å². The molecule has 0 amide bonds. The maximum Gasteiger partial charge on any atom is 0.253 e. The summed E-state index contributed by atoms with van der Waals surface area (Å²) in [5.41, 5.74) is 5.64. The molecule has 0 spiro atoms. The predicted molar refractivity (Wildman–Crippen MR) is 38.4 cm³/mol. The monoisotopic (exact) mass is 161 g/mol. The average Bonchev–Trinajstić information content (AvgIpc) is 2.19. The van der Waals surface area contributed by atoms with E-state index in [2.05, 4.69) is 0 Å². The van der Waals surface area contributed by atoms with Gasteiger partial charge >= 0.3 is 0 Å². The molecule has 2 saturated carbocycles. The zero-order valence-electron chi connectivity index (χ0n) is 6.39. The Balaban J connectivity index is 2.19. The number of halogens is 2. The highest BCUT2D eigenvalue weighted by Gasteiger charge is 2.55. The molecule has 3 heteroatoms.